The van der Waals surface area contributed by atoms with Gasteiger partial charge in [-0.25, -0.2) is 0 Å². The van der Waals surface area contributed by atoms with Crippen molar-refractivity contribution in [3.63, 3.8) is 0 Å². The second-order valence-electron chi connectivity index (χ2n) is 4.60. The number of hydrogen-bond donors (Lipinski definition) is 6. The van der Waals surface area contributed by atoms with Gasteiger partial charge in [0.1, 0.15) is 18.6 Å². The number of carboxylic acids is 1. The quantitative estimate of drug-likeness (QED) is 0.272. The summed E-state index contributed by atoms with van der Waals surface area (Å²) in [5.41, 5.74) is 0. The van der Waals surface area contributed by atoms with Crippen molar-refractivity contribution in [1.82, 2.24) is 4.90 Å². The Morgan fingerprint density at radius 2 is 1.47 bits per heavy atom. The van der Waals surface area contributed by atoms with Gasteiger partial charge in [0.2, 0.25) is 0 Å². The topological polar surface area (TPSA) is 156 Å². The highest BCUT2D eigenvalue weighted by molar-refractivity contribution is 7.81. The molecule has 0 bridgehead atoms. The molecule has 0 spiro atoms. The molecule has 19 heavy (non-hydrogen) atoms. The Hall–Kier alpha value is 0.0800. The van der Waals surface area contributed by atoms with E-state index >= 15 is 0 Å². The molecule has 0 aromatic rings. The van der Waals surface area contributed by atoms with Crippen LogP contribution in [0.25, 0.3) is 0 Å². The fourth-order valence-corrected chi connectivity index (χ4v) is 3.49. The third-order valence-corrected chi connectivity index (χ3v) is 3.71. The molecular formula is C7H17NO8P2S. The molecular weight excluding hydrogens is 320 g/mol. The molecule has 0 aromatic carbocycles. The van der Waals surface area contributed by atoms with Gasteiger partial charge in [-0.1, -0.05) is 0 Å². The molecule has 114 valence electrons. The number of aliphatic carboxylic acids is 1. The zero-order chi connectivity index (χ0) is 15.6. The molecule has 0 aliphatic heterocycles. The molecule has 0 saturated heterocycles. The van der Waals surface area contributed by atoms with E-state index in [1.807, 2.05) is 0 Å². The largest absolute Gasteiger partial charge is 0.480 e. The Morgan fingerprint density at radius 3 is 1.63 bits per heavy atom. The van der Waals surface area contributed by atoms with E-state index in [4.69, 9.17) is 24.7 Å². The number of carbonyl (C=O) groups is 1. The molecule has 5 N–H and O–H groups in total. The highest BCUT2D eigenvalue weighted by Gasteiger charge is 2.42. The molecule has 0 aliphatic carbocycles. The van der Waals surface area contributed by atoms with Crippen LogP contribution >= 0.6 is 27.8 Å². The van der Waals surface area contributed by atoms with E-state index < -0.39 is 44.5 Å². The van der Waals surface area contributed by atoms with E-state index in [0.717, 1.165) is 0 Å². The Bertz CT molecular complexity index is 399. The monoisotopic (exact) mass is 337 g/mol. The van der Waals surface area contributed by atoms with Crippen LogP contribution in [0.3, 0.4) is 0 Å². The van der Waals surface area contributed by atoms with Gasteiger partial charge in [-0.15, -0.1) is 0 Å². The summed E-state index contributed by atoms with van der Waals surface area (Å²) in [6.45, 7) is 2.72. The normalized spacial score (nSPS) is 15.6. The number of thiol groups is 1. The number of carboxylic acid groups (broad SMARTS) is 1. The maximum absolute atomic E-state index is 11.2. The summed E-state index contributed by atoms with van der Waals surface area (Å²) in [6.07, 6.45) is -2.17. The lowest BCUT2D eigenvalue weighted by Crippen LogP contribution is -2.52. The summed E-state index contributed by atoms with van der Waals surface area (Å²) in [5, 5.41) is 9.08. The highest BCUT2D eigenvalue weighted by Crippen LogP contribution is 2.43. The highest BCUT2D eigenvalue weighted by atomic mass is 32.1. The van der Waals surface area contributed by atoms with E-state index in [1.165, 1.54) is 13.8 Å². The van der Waals surface area contributed by atoms with Gasteiger partial charge in [0.25, 0.3) is 0 Å². The van der Waals surface area contributed by atoms with Gasteiger partial charge >= 0.3 is 21.2 Å². The Balaban J connectivity index is 5.48. The Labute approximate surface area is 115 Å². The molecule has 0 fully saturated rings. The summed E-state index contributed by atoms with van der Waals surface area (Å²) >= 11 is 4.00. The molecule has 0 aliphatic rings. The number of hydrogen-bond acceptors (Lipinski definition) is 5. The standard InChI is InChI=1S/C7H17NO8P2S/c1-7(2,19)5(6(9)10)8(3-17(11,12)13)4-18(14,15)16/h5,19H,3-4H2,1-2H3,(H,9,10)(H2,11,12,13)(H2,14,15,16)/t5-/m1/s1. The van der Waals surface area contributed by atoms with Crippen molar-refractivity contribution in [2.24, 2.45) is 0 Å². The summed E-state index contributed by atoms with van der Waals surface area (Å²) in [5.74, 6) is -1.48. The lowest BCUT2D eigenvalue weighted by Gasteiger charge is -2.36. The molecule has 1 atom stereocenters. The third-order valence-electron chi connectivity index (χ3n) is 2.00. The van der Waals surface area contributed by atoms with Crippen LogP contribution in [-0.2, 0) is 13.9 Å². The first-order valence-electron chi connectivity index (χ1n) is 4.92. The van der Waals surface area contributed by atoms with Crippen LogP contribution in [0.1, 0.15) is 13.8 Å². The minimum atomic E-state index is -4.69. The van der Waals surface area contributed by atoms with Gasteiger partial charge in [0, 0.05) is 4.75 Å². The molecule has 0 heterocycles. The van der Waals surface area contributed by atoms with Crippen molar-refractivity contribution in [1.29, 1.82) is 0 Å². The van der Waals surface area contributed by atoms with E-state index in [0.29, 0.717) is 4.90 Å². The van der Waals surface area contributed by atoms with Crippen molar-refractivity contribution in [3.05, 3.63) is 0 Å². The lowest BCUT2D eigenvalue weighted by molar-refractivity contribution is -0.143. The number of rotatable bonds is 7. The molecule has 9 nitrogen and oxygen atoms in total. The smallest absolute Gasteiger partial charge is 0.339 e. The third kappa shape index (κ3) is 8.06. The predicted octanol–water partition coefficient (Wildman–Crippen LogP) is -0.280. The van der Waals surface area contributed by atoms with Gasteiger partial charge in [-0.3, -0.25) is 18.8 Å². The first-order valence-corrected chi connectivity index (χ1v) is 8.96. The van der Waals surface area contributed by atoms with Crippen molar-refractivity contribution >= 4 is 33.8 Å². The SMILES string of the molecule is CC(C)(S)[C@@H](C(=O)O)N(CP(=O)(O)O)CP(=O)(O)O. The van der Waals surface area contributed by atoms with Gasteiger partial charge in [0.15, 0.2) is 0 Å². The average molecular weight is 337 g/mol. The maximum atomic E-state index is 11.2. The van der Waals surface area contributed by atoms with Crippen molar-refractivity contribution in [2.75, 3.05) is 12.6 Å². The first kappa shape index (κ1) is 19.1. The van der Waals surface area contributed by atoms with Crippen LogP contribution in [0, 0.1) is 0 Å². The van der Waals surface area contributed by atoms with Crippen molar-refractivity contribution in [2.45, 2.75) is 24.6 Å². The first-order chi connectivity index (χ1) is 8.13. The lowest BCUT2D eigenvalue weighted by atomic mass is 10.0. The summed E-state index contributed by atoms with van der Waals surface area (Å²) in [4.78, 5) is 47.2. The van der Waals surface area contributed by atoms with Crippen LogP contribution < -0.4 is 0 Å². The average Bonchev–Trinajstić information content (AvgIpc) is 1.90. The van der Waals surface area contributed by atoms with Crippen LogP contribution in [0.5, 0.6) is 0 Å². The van der Waals surface area contributed by atoms with Gasteiger partial charge in [-0.05, 0) is 13.8 Å². The minimum absolute atomic E-state index is 0.539. The summed E-state index contributed by atoms with van der Waals surface area (Å²) < 4.78 is 20.7. The zero-order valence-corrected chi connectivity index (χ0v) is 12.9. The van der Waals surface area contributed by atoms with Crippen molar-refractivity contribution < 1.29 is 38.6 Å². The van der Waals surface area contributed by atoms with Crippen LogP contribution in [0.2, 0.25) is 0 Å². The van der Waals surface area contributed by atoms with E-state index in [1.54, 1.807) is 0 Å². The number of nitrogens with zero attached hydrogens (tertiary/aromatic N) is 1. The maximum Gasteiger partial charge on any atom is 0.339 e. The Morgan fingerprint density at radius 1 is 1.16 bits per heavy atom. The molecule has 0 saturated carbocycles. The van der Waals surface area contributed by atoms with Crippen LogP contribution in [0.4, 0.5) is 0 Å². The molecule has 0 rings (SSSR count). The van der Waals surface area contributed by atoms with Crippen molar-refractivity contribution in [3.8, 4) is 0 Å². The zero-order valence-electron chi connectivity index (χ0n) is 10.2. The molecule has 0 aromatic heterocycles. The van der Waals surface area contributed by atoms with E-state index in [9.17, 15) is 13.9 Å². The molecule has 0 amide bonds. The fourth-order valence-electron chi connectivity index (χ4n) is 1.59. The van der Waals surface area contributed by atoms with Gasteiger partial charge in [0.05, 0.1) is 0 Å². The molecule has 12 heteroatoms. The second-order valence-corrected chi connectivity index (χ2v) is 8.97. The van der Waals surface area contributed by atoms with Gasteiger partial charge in [-0.2, -0.15) is 12.6 Å². The summed E-state index contributed by atoms with van der Waals surface area (Å²) in [6, 6.07) is -1.57. The Kier molecular flexibility index (Phi) is 6.26. The second kappa shape index (κ2) is 6.24. The van der Waals surface area contributed by atoms with Crippen LogP contribution in [-0.4, -0.2) is 58.9 Å². The fraction of sp³-hybridized carbons (Fsp3) is 0.857. The minimum Gasteiger partial charge on any atom is -0.480 e. The molecule has 0 unspecified atom stereocenters. The van der Waals surface area contributed by atoms with Gasteiger partial charge < -0.3 is 24.7 Å². The predicted molar refractivity (Wildman–Crippen MR) is 70.2 cm³/mol. The van der Waals surface area contributed by atoms with Crippen LogP contribution in [0.15, 0.2) is 0 Å². The molecule has 0 radical (unpaired) electrons. The summed E-state index contributed by atoms with van der Waals surface area (Å²) in [7, 11) is -9.37. The van der Waals surface area contributed by atoms with E-state index in [2.05, 4.69) is 12.6 Å². The van der Waals surface area contributed by atoms with E-state index in [-0.39, 0.29) is 0 Å².